The second-order valence-corrected chi connectivity index (χ2v) is 14.5. The first-order valence-electron chi connectivity index (χ1n) is 21.0. The van der Waals surface area contributed by atoms with Crippen molar-refractivity contribution in [2.45, 2.75) is 232 Å². The monoisotopic (exact) mass is 680 g/mol. The van der Waals surface area contributed by atoms with Crippen LogP contribution in [-0.2, 0) is 23.9 Å². The zero-order valence-corrected chi connectivity index (χ0v) is 32.0. The van der Waals surface area contributed by atoms with E-state index in [1.54, 1.807) is 0 Å². The van der Waals surface area contributed by atoms with E-state index in [9.17, 15) is 19.5 Å². The van der Waals surface area contributed by atoms with Crippen LogP contribution in [0.4, 0.5) is 0 Å². The molecule has 284 valence electrons. The van der Waals surface area contributed by atoms with Gasteiger partial charge in [-0.1, -0.05) is 206 Å². The number of carbonyl (C=O) groups is 3. The van der Waals surface area contributed by atoms with Crippen molar-refractivity contribution >= 4 is 17.9 Å². The summed E-state index contributed by atoms with van der Waals surface area (Å²) in [7, 11) is 0. The van der Waals surface area contributed by atoms with Crippen molar-refractivity contribution in [1.29, 1.82) is 0 Å². The first-order chi connectivity index (χ1) is 23.5. The van der Waals surface area contributed by atoms with E-state index in [4.69, 9.17) is 9.47 Å². The number of hydrogen-bond acceptors (Lipinski definition) is 6. The largest absolute Gasteiger partial charge is 0.550 e. The molecule has 48 heavy (non-hydrogen) atoms. The second-order valence-electron chi connectivity index (χ2n) is 14.5. The minimum absolute atomic E-state index is 0.259. The summed E-state index contributed by atoms with van der Waals surface area (Å²) in [6.45, 7) is 5.10. The molecule has 0 bridgehead atoms. The minimum atomic E-state index is -1.36. The van der Waals surface area contributed by atoms with E-state index in [-0.39, 0.29) is 13.0 Å². The fraction of sp³-hybridized carbons (Fsp3) is 0.929. The summed E-state index contributed by atoms with van der Waals surface area (Å²) in [6.07, 6.45) is 40.0. The fourth-order valence-electron chi connectivity index (χ4n) is 6.48. The van der Waals surface area contributed by atoms with Crippen molar-refractivity contribution in [2.24, 2.45) is 5.92 Å². The number of carboxylic acid groups (broad SMARTS) is 1. The van der Waals surface area contributed by atoms with E-state index in [0.717, 1.165) is 38.5 Å². The molecule has 0 aliphatic carbocycles. The van der Waals surface area contributed by atoms with E-state index in [2.05, 4.69) is 13.8 Å². The van der Waals surface area contributed by atoms with Crippen molar-refractivity contribution in [1.82, 2.24) is 0 Å². The molecule has 0 rings (SSSR count). The molecule has 0 saturated carbocycles. The van der Waals surface area contributed by atoms with Crippen LogP contribution >= 0.6 is 0 Å². The third-order valence-electron chi connectivity index (χ3n) is 9.66. The molecule has 0 N–H and O–H groups in total. The Balaban J connectivity index is 3.69. The minimum Gasteiger partial charge on any atom is -0.550 e. The first-order valence-corrected chi connectivity index (χ1v) is 21.0. The number of carboxylic acids is 1. The maximum Gasteiger partial charge on any atom is 0.309 e. The third-order valence-corrected chi connectivity index (χ3v) is 9.66. The summed E-state index contributed by atoms with van der Waals surface area (Å²) in [5.74, 6) is -3.58. The van der Waals surface area contributed by atoms with Gasteiger partial charge in [0.25, 0.3) is 0 Å². The van der Waals surface area contributed by atoms with Gasteiger partial charge in [-0.25, -0.2) is 0 Å². The van der Waals surface area contributed by atoms with Crippen molar-refractivity contribution in [3.63, 3.8) is 0 Å². The molecule has 1 unspecified atom stereocenters. The van der Waals surface area contributed by atoms with Crippen LogP contribution < -0.4 is 5.11 Å². The lowest BCUT2D eigenvalue weighted by Gasteiger charge is -2.16. The fourth-order valence-corrected chi connectivity index (χ4v) is 6.48. The van der Waals surface area contributed by atoms with E-state index >= 15 is 0 Å². The summed E-state index contributed by atoms with van der Waals surface area (Å²) in [4.78, 5) is 36.0. The molecule has 0 saturated heterocycles. The van der Waals surface area contributed by atoms with Crippen LogP contribution in [0, 0.1) is 5.92 Å². The molecule has 0 spiro atoms. The highest BCUT2D eigenvalue weighted by Crippen LogP contribution is 2.17. The Bertz CT molecular complexity index is 708. The number of hydrogen-bond donors (Lipinski definition) is 0. The Labute approximate surface area is 297 Å². The summed E-state index contributed by atoms with van der Waals surface area (Å²) in [5.41, 5.74) is 0. The van der Waals surface area contributed by atoms with Gasteiger partial charge in [0.15, 0.2) is 0 Å². The van der Waals surface area contributed by atoms with Crippen molar-refractivity contribution in [3.05, 3.63) is 0 Å². The van der Waals surface area contributed by atoms with E-state index in [0.29, 0.717) is 6.61 Å². The third kappa shape index (κ3) is 35.7. The van der Waals surface area contributed by atoms with Crippen LogP contribution in [0.15, 0.2) is 0 Å². The molecule has 6 nitrogen and oxygen atoms in total. The molecule has 0 aromatic carbocycles. The average Bonchev–Trinajstić information content (AvgIpc) is 3.07. The van der Waals surface area contributed by atoms with Crippen LogP contribution in [0.1, 0.15) is 232 Å². The molecule has 6 heteroatoms. The molecular formula is C42H79O6-. The summed E-state index contributed by atoms with van der Waals surface area (Å²) in [6, 6.07) is 0. The van der Waals surface area contributed by atoms with E-state index in [1.807, 2.05) is 0 Å². The molecule has 1 atom stereocenters. The average molecular weight is 680 g/mol. The quantitative estimate of drug-likeness (QED) is 0.0474. The first kappa shape index (κ1) is 46.4. The van der Waals surface area contributed by atoms with E-state index in [1.165, 1.54) is 167 Å². The zero-order chi connectivity index (χ0) is 35.2. The Morgan fingerprint density at radius 1 is 0.396 bits per heavy atom. The predicted molar refractivity (Wildman–Crippen MR) is 199 cm³/mol. The van der Waals surface area contributed by atoms with Gasteiger partial charge in [0.05, 0.1) is 25.6 Å². The number of rotatable bonds is 39. The van der Waals surface area contributed by atoms with E-state index < -0.39 is 30.2 Å². The number of esters is 2. The van der Waals surface area contributed by atoms with Crippen LogP contribution in [0.5, 0.6) is 0 Å². The van der Waals surface area contributed by atoms with Crippen molar-refractivity contribution < 1.29 is 29.0 Å². The Kier molecular flexibility index (Phi) is 36.9. The molecule has 0 amide bonds. The standard InChI is InChI=1S/C42H80O6/c1-3-5-7-9-11-13-15-17-19-21-23-25-27-29-31-33-35-47-41(45)38-39(37-40(43)44)42(46)48-36-34-32-30-28-26-24-22-20-18-16-14-12-10-8-6-4-2/h39H,3-38H2,1-2H3,(H,43,44)/p-1. The molecule has 0 radical (unpaired) electrons. The van der Waals surface area contributed by atoms with Gasteiger partial charge in [0.1, 0.15) is 0 Å². The number of unbranched alkanes of at least 4 members (excludes halogenated alkanes) is 30. The number of carbonyl (C=O) groups excluding carboxylic acids is 3. The number of ether oxygens (including phenoxy) is 2. The predicted octanol–water partition coefficient (Wildman–Crippen LogP) is 11.7. The highest BCUT2D eigenvalue weighted by Gasteiger charge is 2.24. The van der Waals surface area contributed by atoms with Gasteiger partial charge in [-0.05, 0) is 12.8 Å². The van der Waals surface area contributed by atoms with Crippen LogP contribution in [0.3, 0.4) is 0 Å². The van der Waals surface area contributed by atoms with Crippen LogP contribution in [-0.4, -0.2) is 31.1 Å². The Morgan fingerprint density at radius 3 is 0.958 bits per heavy atom. The molecule has 0 aromatic heterocycles. The smallest absolute Gasteiger partial charge is 0.309 e. The van der Waals surface area contributed by atoms with Crippen LogP contribution in [0.2, 0.25) is 0 Å². The maximum absolute atomic E-state index is 12.5. The highest BCUT2D eigenvalue weighted by atomic mass is 16.5. The van der Waals surface area contributed by atoms with Gasteiger partial charge in [-0.15, -0.1) is 0 Å². The van der Waals surface area contributed by atoms with Gasteiger partial charge in [0.2, 0.25) is 0 Å². The van der Waals surface area contributed by atoms with Gasteiger partial charge in [0, 0.05) is 12.4 Å². The number of aliphatic carboxylic acids is 1. The van der Waals surface area contributed by atoms with Gasteiger partial charge in [-0.3, -0.25) is 9.59 Å². The molecule has 0 heterocycles. The molecular weight excluding hydrogens is 600 g/mol. The zero-order valence-electron chi connectivity index (χ0n) is 32.0. The SMILES string of the molecule is CCCCCCCCCCCCCCCCCCOC(=O)CC(CC(=O)[O-])C(=O)OCCCCCCCCCCCCCCCCCC. The lowest BCUT2D eigenvalue weighted by Crippen LogP contribution is -2.31. The lowest BCUT2D eigenvalue weighted by atomic mass is 10.0. The molecule has 0 aromatic rings. The summed E-state index contributed by atoms with van der Waals surface area (Å²) >= 11 is 0. The Hall–Kier alpha value is -1.59. The topological polar surface area (TPSA) is 92.7 Å². The van der Waals surface area contributed by atoms with Gasteiger partial charge >= 0.3 is 11.9 Å². The normalized spacial score (nSPS) is 11.9. The highest BCUT2D eigenvalue weighted by molar-refractivity contribution is 5.83. The van der Waals surface area contributed by atoms with Gasteiger partial charge < -0.3 is 19.4 Å². The summed E-state index contributed by atoms with van der Waals surface area (Å²) in [5, 5.41) is 11.2. The molecule has 0 fully saturated rings. The van der Waals surface area contributed by atoms with Crippen molar-refractivity contribution in [3.8, 4) is 0 Å². The molecule has 0 aliphatic rings. The van der Waals surface area contributed by atoms with Crippen LogP contribution in [0.25, 0.3) is 0 Å². The summed E-state index contributed by atoms with van der Waals surface area (Å²) < 4.78 is 10.6. The maximum atomic E-state index is 12.5. The Morgan fingerprint density at radius 2 is 0.667 bits per heavy atom. The second kappa shape index (κ2) is 38.2. The molecule has 0 aliphatic heterocycles. The van der Waals surface area contributed by atoms with Crippen molar-refractivity contribution in [2.75, 3.05) is 13.2 Å². The van der Waals surface area contributed by atoms with Gasteiger partial charge in [-0.2, -0.15) is 0 Å². The lowest BCUT2D eigenvalue weighted by molar-refractivity contribution is -0.306.